The number of primary amides is 1. The maximum Gasteiger partial charge on any atom is 0.255 e. The molecule has 0 fully saturated rings. The van der Waals surface area contributed by atoms with Crippen LogP contribution in [-0.2, 0) is 16.0 Å². The number of ketones is 2. The summed E-state index contributed by atoms with van der Waals surface area (Å²) in [7, 11) is 3.24. The minimum Gasteiger partial charge on any atom is -0.510 e. The number of likely N-dealkylation sites (N-methyl/N-ethyl adjacent to an activating group) is 1. The molecular formula is C25H29IN2O7. The second-order valence-electron chi connectivity index (χ2n) is 9.56. The van der Waals surface area contributed by atoms with Crippen molar-refractivity contribution in [3.63, 3.8) is 0 Å². The van der Waals surface area contributed by atoms with E-state index in [4.69, 9.17) is 10.5 Å². The molecule has 3 aliphatic rings. The first-order chi connectivity index (χ1) is 16.5. The zero-order valence-electron chi connectivity index (χ0n) is 19.8. The van der Waals surface area contributed by atoms with Crippen molar-refractivity contribution >= 4 is 40.1 Å². The first kappa shape index (κ1) is 25.6. The van der Waals surface area contributed by atoms with Crippen LogP contribution in [0.1, 0.15) is 42.1 Å². The first-order valence-corrected chi connectivity index (χ1v) is 12.6. The minimum atomic E-state index is -2.57. The number of fused-ring (bicyclic) bond motifs is 3. The predicted molar refractivity (Wildman–Crippen MR) is 135 cm³/mol. The Morgan fingerprint density at radius 2 is 1.97 bits per heavy atom. The number of halogens is 1. The quantitative estimate of drug-likeness (QED) is 0.222. The number of amides is 1. The number of nitrogens with zero attached hydrogens (tertiary/aromatic N) is 1. The summed E-state index contributed by atoms with van der Waals surface area (Å²) in [6.07, 6.45) is 2.24. The van der Waals surface area contributed by atoms with Crippen LogP contribution in [0.2, 0.25) is 0 Å². The van der Waals surface area contributed by atoms with Gasteiger partial charge in [0, 0.05) is 15.1 Å². The van der Waals surface area contributed by atoms with Crippen molar-refractivity contribution in [2.24, 2.45) is 17.6 Å². The van der Waals surface area contributed by atoms with Gasteiger partial charge in [-0.2, -0.15) is 0 Å². The van der Waals surface area contributed by atoms with Gasteiger partial charge in [-0.1, -0.05) is 13.3 Å². The number of carbonyl (C=O) groups is 3. The lowest BCUT2D eigenvalue weighted by molar-refractivity contribution is -0.148. The average molecular weight is 596 g/mol. The number of rotatable bonds is 6. The second kappa shape index (κ2) is 9.21. The van der Waals surface area contributed by atoms with E-state index >= 15 is 0 Å². The molecule has 4 unspecified atom stereocenters. The summed E-state index contributed by atoms with van der Waals surface area (Å²) in [6, 6.07) is 2.62. The van der Waals surface area contributed by atoms with Crippen LogP contribution in [-0.4, -0.2) is 70.0 Å². The summed E-state index contributed by atoms with van der Waals surface area (Å²) in [5.41, 5.74) is 3.06. The molecule has 0 aromatic heterocycles. The van der Waals surface area contributed by atoms with E-state index in [9.17, 15) is 29.7 Å². The van der Waals surface area contributed by atoms with Gasteiger partial charge in [-0.3, -0.25) is 19.3 Å². The van der Waals surface area contributed by atoms with E-state index in [-0.39, 0.29) is 12.0 Å². The molecule has 4 atom stereocenters. The Kier molecular flexibility index (Phi) is 6.75. The van der Waals surface area contributed by atoms with Gasteiger partial charge in [0.25, 0.3) is 5.91 Å². The van der Waals surface area contributed by atoms with Gasteiger partial charge in [-0.05, 0) is 79.6 Å². The molecule has 5 N–H and O–H groups in total. The third kappa shape index (κ3) is 3.77. The lowest BCUT2D eigenvalue weighted by Crippen LogP contribution is -2.63. The van der Waals surface area contributed by atoms with Crippen LogP contribution in [0.5, 0.6) is 5.75 Å². The van der Waals surface area contributed by atoms with Gasteiger partial charge in [0.05, 0.1) is 18.2 Å². The smallest absolute Gasteiger partial charge is 0.255 e. The van der Waals surface area contributed by atoms with Gasteiger partial charge in [-0.25, -0.2) is 0 Å². The molecule has 10 heteroatoms. The van der Waals surface area contributed by atoms with Crippen LogP contribution in [0, 0.1) is 15.4 Å². The number of benzene rings is 1. The van der Waals surface area contributed by atoms with Crippen LogP contribution in [0.4, 0.5) is 0 Å². The average Bonchev–Trinajstić information content (AvgIpc) is 2.77. The number of carbonyl (C=O) groups excluding carboxylic acids is 3. The van der Waals surface area contributed by atoms with Crippen molar-refractivity contribution < 1.29 is 34.4 Å². The summed E-state index contributed by atoms with van der Waals surface area (Å²) >= 11 is 2.16. The molecule has 9 nitrogen and oxygen atoms in total. The normalized spacial score (nSPS) is 28.1. The van der Waals surface area contributed by atoms with E-state index in [2.05, 4.69) is 22.6 Å². The number of ether oxygens (including phenoxy) is 1. The van der Waals surface area contributed by atoms with Crippen LogP contribution in [0.3, 0.4) is 0 Å². The second-order valence-corrected chi connectivity index (χ2v) is 10.7. The van der Waals surface area contributed by atoms with Crippen molar-refractivity contribution in [1.82, 2.24) is 4.90 Å². The van der Waals surface area contributed by atoms with E-state index < -0.39 is 58.0 Å². The highest BCUT2D eigenvalue weighted by molar-refractivity contribution is 14.1. The van der Waals surface area contributed by atoms with Gasteiger partial charge in [0.1, 0.15) is 22.8 Å². The largest absolute Gasteiger partial charge is 0.510 e. The number of aliphatic hydroxyl groups is 3. The lowest BCUT2D eigenvalue weighted by atomic mass is 9.58. The monoisotopic (exact) mass is 596 g/mol. The van der Waals surface area contributed by atoms with Crippen LogP contribution in [0.25, 0.3) is 0 Å². The third-order valence-electron chi connectivity index (χ3n) is 7.29. The molecule has 4 rings (SSSR count). The van der Waals surface area contributed by atoms with E-state index in [0.29, 0.717) is 24.3 Å². The summed E-state index contributed by atoms with van der Waals surface area (Å²) in [5, 5.41) is 33.8. The highest BCUT2D eigenvalue weighted by atomic mass is 127. The first-order valence-electron chi connectivity index (χ1n) is 11.6. The number of unbranched alkanes of at least 4 members (excludes halogenated alkanes) is 1. The van der Waals surface area contributed by atoms with Gasteiger partial charge in [0.15, 0.2) is 11.4 Å². The van der Waals surface area contributed by atoms with Gasteiger partial charge in [0.2, 0.25) is 5.78 Å². The molecule has 35 heavy (non-hydrogen) atoms. The fourth-order valence-electron chi connectivity index (χ4n) is 5.65. The fourth-order valence-corrected chi connectivity index (χ4v) is 6.32. The number of Topliss-reactive ketones (excluding diaryl/α,β-unsaturated/α-hetero) is 2. The molecule has 0 saturated carbocycles. The number of hydrogen-bond donors (Lipinski definition) is 4. The Hall–Kier alpha value is -2.44. The zero-order chi connectivity index (χ0) is 25.8. The Bertz CT molecular complexity index is 1190. The maximum atomic E-state index is 13.8. The van der Waals surface area contributed by atoms with Crippen molar-refractivity contribution in [1.29, 1.82) is 0 Å². The number of nitrogens with two attached hydrogens (primary N) is 1. The van der Waals surface area contributed by atoms with Crippen LogP contribution in [0.15, 0.2) is 34.8 Å². The third-order valence-corrected chi connectivity index (χ3v) is 8.30. The van der Waals surface area contributed by atoms with E-state index in [1.54, 1.807) is 25.1 Å². The van der Waals surface area contributed by atoms with Crippen LogP contribution >= 0.6 is 22.6 Å². The summed E-state index contributed by atoms with van der Waals surface area (Å²) in [4.78, 5) is 40.7. The summed E-state index contributed by atoms with van der Waals surface area (Å²) in [6.45, 7) is 2.45. The van der Waals surface area contributed by atoms with Crippen LogP contribution < -0.4 is 10.5 Å². The minimum absolute atomic E-state index is 0.0605. The standard InChI is InChI=1S/C25H29IN2O7/c1-4-5-8-35-15-7-6-14(26)12-9-11-10-13-19(28(2)3)21(30)18(24(27)33)23(32)25(13,34)22(31)16(11)20(29)17(12)15/h6-7,11,13,19,30-31,34H,4-5,8-10H2,1-3H3,(H2,27,33). The Morgan fingerprint density at radius 3 is 2.57 bits per heavy atom. The zero-order valence-corrected chi connectivity index (χ0v) is 22.0. The SMILES string of the molecule is CCCCOc1ccc(I)c2c1C(=O)C1=C(O)C3(O)C(=O)C(C(N)=O)=C(O)C(N(C)C)C3CC1C2. The van der Waals surface area contributed by atoms with Crippen molar-refractivity contribution in [3.05, 3.63) is 49.5 Å². The van der Waals surface area contributed by atoms with Gasteiger partial charge in [-0.15, -0.1) is 0 Å². The topological polar surface area (TPSA) is 150 Å². The Morgan fingerprint density at radius 1 is 1.29 bits per heavy atom. The highest BCUT2D eigenvalue weighted by Gasteiger charge is 2.63. The summed E-state index contributed by atoms with van der Waals surface area (Å²) < 4.78 is 6.75. The molecule has 0 spiro atoms. The molecular weight excluding hydrogens is 567 g/mol. The Balaban J connectivity index is 1.90. The number of hydrogen-bond acceptors (Lipinski definition) is 8. The molecule has 0 saturated heterocycles. The Labute approximate surface area is 216 Å². The molecule has 0 heterocycles. The fraction of sp³-hybridized carbons (Fsp3) is 0.480. The number of aliphatic hydroxyl groups excluding tert-OH is 2. The van der Waals surface area contributed by atoms with E-state index in [0.717, 1.165) is 22.0 Å². The molecule has 0 aliphatic heterocycles. The molecule has 0 bridgehead atoms. The predicted octanol–water partition coefficient (Wildman–Crippen LogP) is 2.20. The van der Waals surface area contributed by atoms with E-state index in [1.807, 2.05) is 13.0 Å². The maximum absolute atomic E-state index is 13.8. The molecule has 188 valence electrons. The molecule has 0 radical (unpaired) electrons. The lowest BCUT2D eigenvalue weighted by Gasteiger charge is -2.50. The van der Waals surface area contributed by atoms with Gasteiger partial charge < -0.3 is 25.8 Å². The summed E-state index contributed by atoms with van der Waals surface area (Å²) in [5.74, 6) is -5.36. The molecule has 3 aliphatic carbocycles. The van der Waals surface area contributed by atoms with Gasteiger partial charge >= 0.3 is 0 Å². The van der Waals surface area contributed by atoms with E-state index in [1.165, 1.54) is 0 Å². The number of allylic oxidation sites excluding steroid dienone is 1. The van der Waals surface area contributed by atoms with Crippen molar-refractivity contribution in [2.45, 2.75) is 44.2 Å². The molecule has 1 aromatic rings. The van der Waals surface area contributed by atoms with Crippen molar-refractivity contribution in [3.8, 4) is 5.75 Å². The molecule has 1 aromatic carbocycles. The molecule has 1 amide bonds. The van der Waals surface area contributed by atoms with Crippen molar-refractivity contribution in [2.75, 3.05) is 20.7 Å². The highest BCUT2D eigenvalue weighted by Crippen LogP contribution is 2.52.